The van der Waals surface area contributed by atoms with Gasteiger partial charge >= 0.3 is 0 Å². The maximum Gasteiger partial charge on any atom is 0.266 e. The van der Waals surface area contributed by atoms with Gasteiger partial charge in [0.15, 0.2) is 5.16 Å². The Morgan fingerprint density at radius 3 is 2.72 bits per heavy atom. The van der Waals surface area contributed by atoms with Crippen LogP contribution in [0.1, 0.15) is 5.69 Å². The van der Waals surface area contributed by atoms with Crippen molar-refractivity contribution in [1.29, 1.82) is 0 Å². The summed E-state index contributed by atoms with van der Waals surface area (Å²) in [5.41, 5.74) is 0.774. The summed E-state index contributed by atoms with van der Waals surface area (Å²) >= 11 is 1.02. The monoisotopic (exact) mass is 410 g/mol. The van der Waals surface area contributed by atoms with Gasteiger partial charge in [0.05, 0.1) is 28.0 Å². The maximum absolute atomic E-state index is 14.4. The van der Waals surface area contributed by atoms with Crippen LogP contribution in [0.25, 0.3) is 16.6 Å². The Hall–Kier alpha value is -3.46. The van der Waals surface area contributed by atoms with Crippen LogP contribution in [0.4, 0.5) is 10.3 Å². The van der Waals surface area contributed by atoms with Crippen molar-refractivity contribution >= 4 is 34.5 Å². The largest absolute Gasteiger partial charge is 0.338 e. The highest BCUT2D eigenvalue weighted by Gasteiger charge is 2.17. The molecule has 4 aromatic rings. The fourth-order valence-electron chi connectivity index (χ4n) is 2.78. The number of carbonyl (C=O) groups is 1. The van der Waals surface area contributed by atoms with Crippen molar-refractivity contribution in [2.75, 3.05) is 11.1 Å². The van der Waals surface area contributed by atoms with Gasteiger partial charge in [0.2, 0.25) is 11.8 Å². The number of anilines is 1. The Labute approximate surface area is 168 Å². The zero-order chi connectivity index (χ0) is 20.4. The second kappa shape index (κ2) is 7.88. The van der Waals surface area contributed by atoms with E-state index in [0.717, 1.165) is 11.8 Å². The molecule has 0 aliphatic carbocycles. The number of halogens is 1. The summed E-state index contributed by atoms with van der Waals surface area (Å²) in [5, 5.41) is 6.85. The van der Waals surface area contributed by atoms with E-state index in [2.05, 4.69) is 15.5 Å². The second-order valence-electron chi connectivity index (χ2n) is 6.17. The van der Waals surface area contributed by atoms with Gasteiger partial charge in [-0.15, -0.1) is 0 Å². The van der Waals surface area contributed by atoms with Gasteiger partial charge in [-0.25, -0.2) is 9.37 Å². The molecule has 0 bridgehead atoms. The SMILES string of the molecule is Cc1cc(NC(=O)CSc2nc3ccccc3c(=O)n2-c2ccccc2F)on1. The number of fused-ring (bicyclic) bond motifs is 1. The molecule has 0 atom stereocenters. The molecular formula is C20H15FN4O3S. The number of amides is 1. The van der Waals surface area contributed by atoms with Crippen molar-refractivity contribution in [1.82, 2.24) is 14.7 Å². The molecule has 4 rings (SSSR count). The van der Waals surface area contributed by atoms with Gasteiger partial charge in [-0.1, -0.05) is 41.2 Å². The van der Waals surface area contributed by atoms with Gasteiger partial charge in [-0.05, 0) is 31.2 Å². The van der Waals surface area contributed by atoms with Crippen LogP contribution in [-0.4, -0.2) is 26.4 Å². The van der Waals surface area contributed by atoms with E-state index in [1.165, 1.54) is 22.8 Å². The molecule has 2 aromatic heterocycles. The second-order valence-corrected chi connectivity index (χ2v) is 7.12. The van der Waals surface area contributed by atoms with Crippen LogP contribution in [0.2, 0.25) is 0 Å². The third-order valence-corrected chi connectivity index (χ3v) is 5.00. The van der Waals surface area contributed by atoms with Crippen LogP contribution in [0.15, 0.2) is 69.1 Å². The van der Waals surface area contributed by atoms with Gasteiger partial charge in [0.25, 0.3) is 5.56 Å². The predicted octanol–water partition coefficient (Wildman–Crippen LogP) is 3.55. The van der Waals surface area contributed by atoms with E-state index in [1.54, 1.807) is 43.3 Å². The van der Waals surface area contributed by atoms with E-state index < -0.39 is 11.4 Å². The molecule has 9 heteroatoms. The first-order valence-electron chi connectivity index (χ1n) is 8.65. The quantitative estimate of drug-likeness (QED) is 0.400. The van der Waals surface area contributed by atoms with Crippen molar-refractivity contribution < 1.29 is 13.7 Å². The molecule has 0 spiro atoms. The summed E-state index contributed by atoms with van der Waals surface area (Å²) in [6.45, 7) is 1.74. The number of para-hydroxylation sites is 2. The topological polar surface area (TPSA) is 90.0 Å². The Kier molecular flexibility index (Phi) is 5.13. The van der Waals surface area contributed by atoms with Crippen molar-refractivity contribution in [3.8, 4) is 5.69 Å². The molecule has 1 N–H and O–H groups in total. The summed E-state index contributed by atoms with van der Waals surface area (Å²) in [7, 11) is 0. The molecule has 0 aliphatic heterocycles. The first-order valence-corrected chi connectivity index (χ1v) is 9.64. The number of rotatable bonds is 5. The summed E-state index contributed by atoms with van der Waals surface area (Å²) in [6.07, 6.45) is 0. The van der Waals surface area contributed by atoms with Crippen LogP contribution in [0, 0.1) is 12.7 Å². The molecule has 1 amide bonds. The van der Waals surface area contributed by atoms with Gasteiger partial charge in [0.1, 0.15) is 5.82 Å². The number of nitrogens with zero attached hydrogens (tertiary/aromatic N) is 3. The Balaban J connectivity index is 1.71. The molecule has 0 aliphatic rings. The van der Waals surface area contributed by atoms with Crippen LogP contribution < -0.4 is 10.9 Å². The van der Waals surface area contributed by atoms with E-state index in [-0.39, 0.29) is 28.4 Å². The summed E-state index contributed by atoms with van der Waals surface area (Å²) in [6, 6.07) is 14.3. The minimum absolute atomic E-state index is 0.0566. The lowest BCUT2D eigenvalue weighted by Gasteiger charge is -2.13. The van der Waals surface area contributed by atoms with Crippen LogP contribution in [-0.2, 0) is 4.79 Å². The highest BCUT2D eigenvalue weighted by Crippen LogP contribution is 2.23. The smallest absolute Gasteiger partial charge is 0.266 e. The zero-order valence-electron chi connectivity index (χ0n) is 15.3. The van der Waals surface area contributed by atoms with Gasteiger partial charge in [-0.2, -0.15) is 0 Å². The summed E-state index contributed by atoms with van der Waals surface area (Å²) < 4.78 is 20.6. The first-order chi connectivity index (χ1) is 14.0. The van der Waals surface area contributed by atoms with E-state index in [0.29, 0.717) is 16.6 Å². The molecular weight excluding hydrogens is 395 g/mol. The fourth-order valence-corrected chi connectivity index (χ4v) is 3.59. The van der Waals surface area contributed by atoms with Crippen LogP contribution in [0.3, 0.4) is 0 Å². The number of benzene rings is 2. The predicted molar refractivity (Wildman–Crippen MR) is 108 cm³/mol. The number of aromatic nitrogens is 3. The number of carbonyl (C=O) groups excluding carboxylic acids is 1. The Bertz CT molecular complexity index is 1270. The van der Waals surface area contributed by atoms with Gasteiger partial charge < -0.3 is 4.52 Å². The number of aryl methyl sites for hydroxylation is 1. The highest BCUT2D eigenvalue weighted by atomic mass is 32.2. The van der Waals surface area contributed by atoms with E-state index in [1.807, 2.05) is 0 Å². The van der Waals surface area contributed by atoms with Crippen LogP contribution in [0.5, 0.6) is 0 Å². The molecule has 0 radical (unpaired) electrons. The lowest BCUT2D eigenvalue weighted by atomic mass is 10.2. The molecule has 7 nitrogen and oxygen atoms in total. The minimum Gasteiger partial charge on any atom is -0.338 e. The third-order valence-electron chi connectivity index (χ3n) is 4.06. The molecule has 2 heterocycles. The van der Waals surface area contributed by atoms with Crippen LogP contribution >= 0.6 is 11.8 Å². The lowest BCUT2D eigenvalue weighted by molar-refractivity contribution is -0.113. The average molecular weight is 410 g/mol. The Morgan fingerprint density at radius 1 is 1.21 bits per heavy atom. The minimum atomic E-state index is -0.560. The summed E-state index contributed by atoms with van der Waals surface area (Å²) in [5.74, 6) is -0.756. The molecule has 0 unspecified atom stereocenters. The van der Waals surface area contributed by atoms with Gasteiger partial charge in [-0.3, -0.25) is 19.5 Å². The maximum atomic E-state index is 14.4. The zero-order valence-corrected chi connectivity index (χ0v) is 16.1. The molecule has 146 valence electrons. The molecule has 0 fully saturated rings. The van der Waals surface area contributed by atoms with Crippen molar-refractivity contribution in [3.63, 3.8) is 0 Å². The van der Waals surface area contributed by atoms with Crippen molar-refractivity contribution in [2.24, 2.45) is 0 Å². The number of hydrogen-bond acceptors (Lipinski definition) is 6. The van der Waals surface area contributed by atoms with E-state index in [4.69, 9.17) is 4.52 Å². The van der Waals surface area contributed by atoms with E-state index in [9.17, 15) is 14.0 Å². The summed E-state index contributed by atoms with van der Waals surface area (Å²) in [4.78, 5) is 29.8. The number of hydrogen-bond donors (Lipinski definition) is 1. The number of thioether (sulfide) groups is 1. The fraction of sp³-hybridized carbons (Fsp3) is 0.100. The molecule has 2 aromatic carbocycles. The Morgan fingerprint density at radius 2 is 1.97 bits per heavy atom. The normalized spacial score (nSPS) is 11.0. The first kappa shape index (κ1) is 18.9. The van der Waals surface area contributed by atoms with Crippen molar-refractivity contribution in [2.45, 2.75) is 12.1 Å². The van der Waals surface area contributed by atoms with Crippen molar-refractivity contribution in [3.05, 3.63) is 76.5 Å². The van der Waals surface area contributed by atoms with Gasteiger partial charge in [0, 0.05) is 6.07 Å². The number of nitrogens with one attached hydrogen (secondary N) is 1. The highest BCUT2D eigenvalue weighted by molar-refractivity contribution is 7.99. The molecule has 0 saturated heterocycles. The molecule has 29 heavy (non-hydrogen) atoms. The lowest BCUT2D eigenvalue weighted by Crippen LogP contribution is -2.23. The average Bonchev–Trinajstić information content (AvgIpc) is 3.12. The van der Waals surface area contributed by atoms with E-state index >= 15 is 0 Å². The third kappa shape index (κ3) is 3.90. The standard InChI is InChI=1S/C20H15FN4O3S/c1-12-10-18(28-24-12)23-17(26)11-29-20-22-15-8-4-2-6-13(15)19(27)25(20)16-9-5-3-7-14(16)21/h2-10H,11H2,1H3,(H,23,26). The molecule has 0 saturated carbocycles.